The quantitative estimate of drug-likeness (QED) is 0.704. The first kappa shape index (κ1) is 18.0. The highest BCUT2D eigenvalue weighted by Gasteiger charge is 2.35. The number of benzene rings is 2. The molecule has 0 bridgehead atoms. The lowest BCUT2D eigenvalue weighted by atomic mass is 10.1. The predicted molar refractivity (Wildman–Crippen MR) is 91.5 cm³/mol. The van der Waals surface area contributed by atoms with E-state index in [1.807, 2.05) is 0 Å². The number of aromatic nitrogens is 2. The van der Waals surface area contributed by atoms with Crippen molar-refractivity contribution in [1.29, 1.82) is 0 Å². The van der Waals surface area contributed by atoms with Gasteiger partial charge >= 0.3 is 6.18 Å². The van der Waals surface area contributed by atoms with E-state index in [0.717, 1.165) is 17.0 Å². The van der Waals surface area contributed by atoms with Crippen molar-refractivity contribution in [3.05, 3.63) is 60.3 Å². The summed E-state index contributed by atoms with van der Waals surface area (Å²) < 4.78 is 63.6. The molecule has 0 fully saturated rings. The molecule has 2 aromatic carbocycles. The Morgan fingerprint density at radius 1 is 1.00 bits per heavy atom. The average Bonchev–Trinajstić information content (AvgIpc) is 3.00. The van der Waals surface area contributed by atoms with E-state index in [-0.39, 0.29) is 10.6 Å². The van der Waals surface area contributed by atoms with Crippen LogP contribution >= 0.6 is 0 Å². The van der Waals surface area contributed by atoms with Crippen LogP contribution < -0.4 is 5.73 Å². The SMILES string of the molecule is CS(=O)(=O)c1ccc(-c2cc(C(F)(F)F)nn2-c2ccc(N)cc2)cc1. The summed E-state index contributed by atoms with van der Waals surface area (Å²) >= 11 is 0. The van der Waals surface area contributed by atoms with Gasteiger partial charge in [0.1, 0.15) is 0 Å². The van der Waals surface area contributed by atoms with E-state index in [1.54, 1.807) is 24.3 Å². The summed E-state index contributed by atoms with van der Waals surface area (Å²) in [4.78, 5) is 0.0795. The smallest absolute Gasteiger partial charge is 0.399 e. The number of hydrogen-bond donors (Lipinski definition) is 1. The predicted octanol–water partition coefficient (Wildman–Crippen LogP) is 3.54. The number of sulfone groups is 1. The van der Waals surface area contributed by atoms with Crippen molar-refractivity contribution in [2.45, 2.75) is 11.1 Å². The Kier molecular flexibility index (Phi) is 4.27. The molecule has 0 aliphatic heterocycles. The van der Waals surface area contributed by atoms with Gasteiger partial charge in [-0.05, 0) is 42.5 Å². The van der Waals surface area contributed by atoms with Crippen LogP contribution in [0.5, 0.6) is 0 Å². The van der Waals surface area contributed by atoms with Gasteiger partial charge in [-0.3, -0.25) is 0 Å². The minimum atomic E-state index is -4.61. The van der Waals surface area contributed by atoms with Gasteiger partial charge in [0.15, 0.2) is 15.5 Å². The highest BCUT2D eigenvalue weighted by molar-refractivity contribution is 7.90. The second-order valence-corrected chi connectivity index (χ2v) is 7.73. The summed E-state index contributed by atoms with van der Waals surface area (Å²) in [5.74, 6) is 0. The third-order valence-corrected chi connectivity index (χ3v) is 4.84. The molecule has 2 N–H and O–H groups in total. The lowest BCUT2D eigenvalue weighted by Crippen LogP contribution is -2.07. The first-order chi connectivity index (χ1) is 12.1. The third kappa shape index (κ3) is 3.57. The van der Waals surface area contributed by atoms with Crippen molar-refractivity contribution in [1.82, 2.24) is 9.78 Å². The third-order valence-electron chi connectivity index (χ3n) is 3.72. The molecule has 0 saturated carbocycles. The standard InChI is InChI=1S/C17H14F3N3O2S/c1-26(24,25)14-8-2-11(3-9-14)15-10-16(17(18,19)20)22-23(15)13-6-4-12(21)5-7-13/h2-10H,21H2,1H3. The summed E-state index contributed by atoms with van der Waals surface area (Å²) in [7, 11) is -3.40. The van der Waals surface area contributed by atoms with Crippen molar-refractivity contribution < 1.29 is 21.6 Å². The molecule has 0 unspecified atom stereocenters. The van der Waals surface area contributed by atoms with E-state index in [0.29, 0.717) is 16.9 Å². The molecule has 3 rings (SSSR count). The molecule has 0 amide bonds. The lowest BCUT2D eigenvalue weighted by Gasteiger charge is -2.08. The van der Waals surface area contributed by atoms with E-state index in [2.05, 4.69) is 5.10 Å². The van der Waals surface area contributed by atoms with Gasteiger partial charge in [-0.2, -0.15) is 18.3 Å². The largest absolute Gasteiger partial charge is 0.435 e. The fraction of sp³-hybridized carbons (Fsp3) is 0.118. The number of nitrogen functional groups attached to an aromatic ring is 1. The van der Waals surface area contributed by atoms with E-state index in [9.17, 15) is 21.6 Å². The molecular weight excluding hydrogens is 367 g/mol. The van der Waals surface area contributed by atoms with Gasteiger partial charge in [-0.15, -0.1) is 0 Å². The Morgan fingerprint density at radius 2 is 1.58 bits per heavy atom. The molecule has 0 atom stereocenters. The van der Waals surface area contributed by atoms with E-state index in [1.165, 1.54) is 24.3 Å². The number of halogens is 3. The van der Waals surface area contributed by atoms with E-state index in [4.69, 9.17) is 5.73 Å². The van der Waals surface area contributed by atoms with Crippen LogP contribution in [0, 0.1) is 0 Å². The van der Waals surface area contributed by atoms with Gasteiger partial charge < -0.3 is 5.73 Å². The molecule has 9 heteroatoms. The number of alkyl halides is 3. The van der Waals surface area contributed by atoms with Crippen molar-refractivity contribution in [3.63, 3.8) is 0 Å². The number of anilines is 1. The van der Waals surface area contributed by atoms with Crippen LogP contribution in [0.3, 0.4) is 0 Å². The minimum absolute atomic E-state index is 0.0795. The van der Waals surface area contributed by atoms with Gasteiger partial charge in [-0.25, -0.2) is 13.1 Å². The van der Waals surface area contributed by atoms with Gasteiger partial charge in [-0.1, -0.05) is 12.1 Å². The minimum Gasteiger partial charge on any atom is -0.399 e. The zero-order chi connectivity index (χ0) is 19.1. The molecular formula is C17H14F3N3O2S. The van der Waals surface area contributed by atoms with Crippen molar-refractivity contribution in [2.24, 2.45) is 0 Å². The monoisotopic (exact) mass is 381 g/mol. The molecule has 0 aliphatic rings. The molecule has 1 aromatic heterocycles. The summed E-state index contributed by atoms with van der Waals surface area (Å²) in [6.45, 7) is 0. The maximum absolute atomic E-state index is 13.1. The molecule has 0 spiro atoms. The number of nitrogens with two attached hydrogens (primary N) is 1. The average molecular weight is 381 g/mol. The molecule has 5 nitrogen and oxygen atoms in total. The summed E-state index contributed by atoms with van der Waals surface area (Å²) in [6.07, 6.45) is -3.55. The van der Waals surface area contributed by atoms with E-state index < -0.39 is 21.7 Å². The lowest BCUT2D eigenvalue weighted by molar-refractivity contribution is -0.141. The number of nitrogens with zero attached hydrogens (tertiary/aromatic N) is 2. The molecule has 26 heavy (non-hydrogen) atoms. The van der Waals surface area contributed by atoms with Gasteiger partial charge in [0.05, 0.1) is 16.3 Å². The van der Waals surface area contributed by atoms with Crippen LogP contribution in [-0.2, 0) is 16.0 Å². The van der Waals surface area contributed by atoms with Crippen LogP contribution in [0.4, 0.5) is 18.9 Å². The van der Waals surface area contributed by atoms with Gasteiger partial charge in [0, 0.05) is 17.5 Å². The molecule has 3 aromatic rings. The van der Waals surface area contributed by atoms with Crippen molar-refractivity contribution >= 4 is 15.5 Å². The first-order valence-electron chi connectivity index (χ1n) is 7.39. The van der Waals surface area contributed by atoms with Crippen molar-refractivity contribution in [3.8, 4) is 16.9 Å². The van der Waals surface area contributed by atoms with Crippen LogP contribution in [0.1, 0.15) is 5.69 Å². The Hall–Kier alpha value is -2.81. The second kappa shape index (κ2) is 6.17. The molecule has 1 heterocycles. The van der Waals surface area contributed by atoms with Crippen molar-refractivity contribution in [2.75, 3.05) is 12.0 Å². The van der Waals surface area contributed by atoms with Gasteiger partial charge in [0.2, 0.25) is 0 Å². The molecule has 0 aliphatic carbocycles. The topological polar surface area (TPSA) is 78.0 Å². The molecule has 0 saturated heterocycles. The van der Waals surface area contributed by atoms with Gasteiger partial charge in [0.25, 0.3) is 0 Å². The number of rotatable bonds is 3. The van der Waals surface area contributed by atoms with Crippen LogP contribution in [-0.4, -0.2) is 24.5 Å². The Labute approximate surface area is 147 Å². The highest BCUT2D eigenvalue weighted by atomic mass is 32.2. The summed E-state index contributed by atoms with van der Waals surface area (Å²) in [6, 6.07) is 12.7. The van der Waals surface area contributed by atoms with Crippen LogP contribution in [0.15, 0.2) is 59.5 Å². The maximum atomic E-state index is 13.1. The zero-order valence-electron chi connectivity index (χ0n) is 13.5. The highest BCUT2D eigenvalue weighted by Crippen LogP contribution is 2.33. The van der Waals surface area contributed by atoms with E-state index >= 15 is 0 Å². The Balaban J connectivity index is 2.16. The normalized spacial score (nSPS) is 12.3. The Morgan fingerprint density at radius 3 is 2.08 bits per heavy atom. The zero-order valence-corrected chi connectivity index (χ0v) is 14.3. The maximum Gasteiger partial charge on any atom is 0.435 e. The fourth-order valence-corrected chi connectivity index (χ4v) is 3.04. The fourth-order valence-electron chi connectivity index (χ4n) is 2.41. The van der Waals surface area contributed by atoms with Crippen LogP contribution in [0.25, 0.3) is 16.9 Å². The summed E-state index contributed by atoms with van der Waals surface area (Å²) in [5, 5.41) is 3.66. The van der Waals surface area contributed by atoms with Crippen LogP contribution in [0.2, 0.25) is 0 Å². The Bertz CT molecular complexity index is 1040. The summed E-state index contributed by atoms with van der Waals surface area (Å²) in [5.41, 5.74) is 6.03. The molecule has 0 radical (unpaired) electrons. The second-order valence-electron chi connectivity index (χ2n) is 5.71. The molecule has 136 valence electrons. The number of hydrogen-bond acceptors (Lipinski definition) is 4. The first-order valence-corrected chi connectivity index (χ1v) is 9.28.